The third-order valence-electron chi connectivity index (χ3n) is 2.60. The van der Waals surface area contributed by atoms with Gasteiger partial charge in [-0.1, -0.05) is 53.0 Å². The van der Waals surface area contributed by atoms with Crippen LogP contribution in [0.2, 0.25) is 15.1 Å². The molecule has 0 fully saturated rings. The molecule has 0 radical (unpaired) electrons. The summed E-state index contributed by atoms with van der Waals surface area (Å²) < 4.78 is 0. The summed E-state index contributed by atoms with van der Waals surface area (Å²) in [4.78, 5) is 0. The van der Waals surface area contributed by atoms with Crippen LogP contribution in [0.25, 0.3) is 0 Å². The van der Waals surface area contributed by atoms with Crippen molar-refractivity contribution < 1.29 is 0 Å². The summed E-state index contributed by atoms with van der Waals surface area (Å²) in [7, 11) is 0. The molecule has 2 rings (SSSR count). The van der Waals surface area contributed by atoms with E-state index in [1.54, 1.807) is 18.2 Å². The smallest absolute Gasteiger partial charge is 0.0995 e. The molecule has 2 nitrogen and oxygen atoms in total. The van der Waals surface area contributed by atoms with Gasteiger partial charge in [0.25, 0.3) is 0 Å². The van der Waals surface area contributed by atoms with Crippen LogP contribution in [0.5, 0.6) is 0 Å². The number of hydrogen-bond acceptors (Lipinski definition) is 2. The van der Waals surface area contributed by atoms with Crippen LogP contribution >= 0.6 is 34.8 Å². The predicted molar refractivity (Wildman–Crippen MR) is 80.0 cm³/mol. The maximum absolute atomic E-state index is 9.01. The van der Waals surface area contributed by atoms with Crippen LogP contribution in [0, 0.1) is 11.3 Å². The Labute approximate surface area is 126 Å². The first-order valence-corrected chi connectivity index (χ1v) is 6.61. The Hall–Kier alpha value is -1.40. The van der Waals surface area contributed by atoms with Crippen LogP contribution in [-0.2, 0) is 6.54 Å². The number of halogens is 3. The zero-order chi connectivity index (χ0) is 13.8. The minimum atomic E-state index is 0.451. The second kappa shape index (κ2) is 6.16. The molecular weight excluding hydrogens is 303 g/mol. The van der Waals surface area contributed by atoms with Crippen LogP contribution in [0.4, 0.5) is 5.69 Å². The average molecular weight is 312 g/mol. The van der Waals surface area contributed by atoms with Gasteiger partial charge in [0.05, 0.1) is 27.4 Å². The maximum atomic E-state index is 9.01. The lowest BCUT2D eigenvalue weighted by Gasteiger charge is -2.11. The van der Waals surface area contributed by atoms with Gasteiger partial charge in [-0.2, -0.15) is 5.26 Å². The summed E-state index contributed by atoms with van der Waals surface area (Å²) in [5.74, 6) is 0. The van der Waals surface area contributed by atoms with Crippen molar-refractivity contribution in [2.75, 3.05) is 5.32 Å². The van der Waals surface area contributed by atoms with Crippen molar-refractivity contribution in [2.24, 2.45) is 0 Å². The second-order valence-electron chi connectivity index (χ2n) is 3.87. The van der Waals surface area contributed by atoms with Crippen LogP contribution in [-0.4, -0.2) is 0 Å². The first kappa shape index (κ1) is 14.0. The molecule has 0 heterocycles. The molecule has 2 aromatic rings. The van der Waals surface area contributed by atoms with E-state index in [2.05, 4.69) is 11.4 Å². The fraction of sp³-hybridized carbons (Fsp3) is 0.0714. The van der Waals surface area contributed by atoms with E-state index < -0.39 is 0 Å². The summed E-state index contributed by atoms with van der Waals surface area (Å²) in [6, 6.07) is 12.7. The summed E-state index contributed by atoms with van der Waals surface area (Å²) >= 11 is 18.0. The SMILES string of the molecule is N#Cc1ccccc1CNc1c(Cl)cc(Cl)cc1Cl. The molecule has 5 heteroatoms. The van der Waals surface area contributed by atoms with Crippen molar-refractivity contribution in [1.29, 1.82) is 5.26 Å². The van der Waals surface area contributed by atoms with Crippen LogP contribution in [0.3, 0.4) is 0 Å². The van der Waals surface area contributed by atoms with Gasteiger partial charge in [0, 0.05) is 11.6 Å². The normalized spacial score (nSPS) is 10.0. The molecule has 1 N–H and O–H groups in total. The van der Waals surface area contributed by atoms with E-state index in [4.69, 9.17) is 40.1 Å². The van der Waals surface area contributed by atoms with Crippen molar-refractivity contribution in [1.82, 2.24) is 0 Å². The van der Waals surface area contributed by atoms with Gasteiger partial charge in [-0.3, -0.25) is 0 Å². The van der Waals surface area contributed by atoms with Crippen LogP contribution in [0.15, 0.2) is 36.4 Å². The molecule has 0 bridgehead atoms. The van der Waals surface area contributed by atoms with Gasteiger partial charge < -0.3 is 5.32 Å². The van der Waals surface area contributed by atoms with Gasteiger partial charge >= 0.3 is 0 Å². The van der Waals surface area contributed by atoms with Crippen molar-refractivity contribution in [3.05, 3.63) is 62.6 Å². The molecule has 0 amide bonds. The molecule has 96 valence electrons. The number of hydrogen-bond donors (Lipinski definition) is 1. The van der Waals surface area contributed by atoms with Crippen molar-refractivity contribution in [3.63, 3.8) is 0 Å². The van der Waals surface area contributed by atoms with Gasteiger partial charge in [-0.15, -0.1) is 0 Å². The van der Waals surface area contributed by atoms with Crippen LogP contribution in [0.1, 0.15) is 11.1 Å². The minimum Gasteiger partial charge on any atom is -0.379 e. The highest BCUT2D eigenvalue weighted by molar-refractivity contribution is 6.41. The lowest BCUT2D eigenvalue weighted by atomic mass is 10.1. The topological polar surface area (TPSA) is 35.8 Å². The van der Waals surface area contributed by atoms with Crippen molar-refractivity contribution in [3.8, 4) is 6.07 Å². The van der Waals surface area contributed by atoms with E-state index in [-0.39, 0.29) is 0 Å². The maximum Gasteiger partial charge on any atom is 0.0995 e. The second-order valence-corrected chi connectivity index (χ2v) is 5.12. The molecule has 0 atom stereocenters. The fourth-order valence-electron chi connectivity index (χ4n) is 1.68. The number of nitrogens with one attached hydrogen (secondary N) is 1. The van der Waals surface area contributed by atoms with E-state index in [1.807, 2.05) is 18.2 Å². The Bertz CT molecular complexity index is 624. The number of rotatable bonds is 3. The standard InChI is InChI=1S/C14H9Cl3N2/c15-11-5-12(16)14(13(17)6-11)19-8-10-4-2-1-3-9(10)7-18/h1-6,19H,8H2. The molecule has 0 aromatic heterocycles. The highest BCUT2D eigenvalue weighted by Gasteiger charge is 2.08. The first-order chi connectivity index (χ1) is 9.11. The fourth-order valence-corrected chi connectivity index (χ4v) is 2.63. The molecule has 2 aromatic carbocycles. The Morgan fingerprint density at radius 1 is 1.05 bits per heavy atom. The predicted octanol–water partition coefficient (Wildman–Crippen LogP) is 5.13. The third-order valence-corrected chi connectivity index (χ3v) is 3.41. The number of nitrogens with zero attached hydrogens (tertiary/aromatic N) is 1. The molecule has 19 heavy (non-hydrogen) atoms. The van der Waals surface area contributed by atoms with Crippen molar-refractivity contribution >= 4 is 40.5 Å². The van der Waals surface area contributed by atoms with Gasteiger partial charge in [0.1, 0.15) is 0 Å². The van der Waals surface area contributed by atoms with E-state index in [0.717, 1.165) is 5.56 Å². The molecule has 0 aliphatic carbocycles. The summed E-state index contributed by atoms with van der Waals surface area (Å²) in [6.07, 6.45) is 0. The van der Waals surface area contributed by atoms with Crippen LogP contribution < -0.4 is 5.32 Å². The van der Waals surface area contributed by atoms with E-state index in [1.165, 1.54) is 0 Å². The molecule has 0 saturated carbocycles. The van der Waals surface area contributed by atoms with Gasteiger partial charge in [-0.05, 0) is 23.8 Å². The van der Waals surface area contributed by atoms with Crippen molar-refractivity contribution in [2.45, 2.75) is 6.54 Å². The summed E-state index contributed by atoms with van der Waals surface area (Å²) in [5.41, 5.74) is 2.11. The van der Waals surface area contributed by atoms with E-state index >= 15 is 0 Å². The Morgan fingerprint density at radius 2 is 1.68 bits per heavy atom. The molecular formula is C14H9Cl3N2. The number of benzene rings is 2. The lowest BCUT2D eigenvalue weighted by molar-refractivity contribution is 1.14. The highest BCUT2D eigenvalue weighted by atomic mass is 35.5. The monoisotopic (exact) mass is 310 g/mol. The van der Waals surface area contributed by atoms with E-state index in [9.17, 15) is 0 Å². The number of nitriles is 1. The quantitative estimate of drug-likeness (QED) is 0.853. The molecule has 0 spiro atoms. The number of anilines is 1. The third kappa shape index (κ3) is 3.33. The Kier molecular flexibility index (Phi) is 4.55. The summed E-state index contributed by atoms with van der Waals surface area (Å²) in [5, 5.41) is 13.5. The van der Waals surface area contributed by atoms with Gasteiger partial charge in [0.15, 0.2) is 0 Å². The molecule has 0 aliphatic heterocycles. The summed E-state index contributed by atoms with van der Waals surface area (Å²) in [6.45, 7) is 0.463. The zero-order valence-electron chi connectivity index (χ0n) is 9.75. The Morgan fingerprint density at radius 3 is 2.32 bits per heavy atom. The first-order valence-electron chi connectivity index (χ1n) is 5.48. The molecule has 0 aliphatic rings. The van der Waals surface area contributed by atoms with Gasteiger partial charge in [0.2, 0.25) is 0 Å². The minimum absolute atomic E-state index is 0.451. The Balaban J connectivity index is 2.22. The molecule has 0 saturated heterocycles. The zero-order valence-corrected chi connectivity index (χ0v) is 12.0. The highest BCUT2D eigenvalue weighted by Crippen LogP contribution is 2.34. The molecule has 0 unspecified atom stereocenters. The van der Waals surface area contributed by atoms with E-state index in [0.29, 0.717) is 32.9 Å². The van der Waals surface area contributed by atoms with Gasteiger partial charge in [-0.25, -0.2) is 0 Å². The lowest BCUT2D eigenvalue weighted by Crippen LogP contribution is -2.02. The average Bonchev–Trinajstić information content (AvgIpc) is 2.38. The largest absolute Gasteiger partial charge is 0.379 e.